The molecule has 0 bridgehead atoms. The lowest BCUT2D eigenvalue weighted by atomic mass is 10.1. The molecule has 0 spiro atoms. The van der Waals surface area contributed by atoms with E-state index in [1.807, 2.05) is 60.1 Å². The van der Waals surface area contributed by atoms with Gasteiger partial charge in [-0.2, -0.15) is 0 Å². The summed E-state index contributed by atoms with van der Waals surface area (Å²) >= 11 is 0. The fourth-order valence-electron chi connectivity index (χ4n) is 3.47. The van der Waals surface area contributed by atoms with Gasteiger partial charge in [0.2, 0.25) is 10.0 Å². The van der Waals surface area contributed by atoms with Gasteiger partial charge < -0.3 is 10.3 Å². The van der Waals surface area contributed by atoms with Crippen molar-refractivity contribution in [1.82, 2.24) is 9.55 Å². The van der Waals surface area contributed by atoms with Crippen LogP contribution in [0.15, 0.2) is 72.8 Å². The van der Waals surface area contributed by atoms with E-state index in [-0.39, 0.29) is 24.0 Å². The van der Waals surface area contributed by atoms with Crippen molar-refractivity contribution in [2.75, 3.05) is 4.72 Å². The number of imidazole rings is 1. The summed E-state index contributed by atoms with van der Waals surface area (Å²) in [5, 5.41) is 7.49. The zero-order chi connectivity index (χ0) is 22.0. The fourth-order valence-corrected chi connectivity index (χ4v) is 4.65. The average molecular weight is 470 g/mol. The molecule has 166 valence electrons. The van der Waals surface area contributed by atoms with Crippen LogP contribution in [0.25, 0.3) is 11.0 Å². The van der Waals surface area contributed by atoms with Crippen LogP contribution in [0.2, 0.25) is 0 Å². The molecule has 0 aliphatic heterocycles. The minimum Gasteiger partial charge on any atom is -0.384 e. The Morgan fingerprint density at radius 1 is 1.03 bits per heavy atom. The van der Waals surface area contributed by atoms with E-state index in [2.05, 4.69) is 4.72 Å². The van der Waals surface area contributed by atoms with E-state index in [4.69, 9.17) is 16.1 Å². The van der Waals surface area contributed by atoms with E-state index in [1.165, 1.54) is 0 Å². The number of aryl methyl sites for hydroxylation is 1. The Balaban J connectivity index is 0.00000289. The topological polar surface area (TPSA) is 114 Å². The van der Waals surface area contributed by atoms with E-state index in [0.717, 1.165) is 28.0 Å². The highest BCUT2D eigenvalue weighted by Gasteiger charge is 2.14. The van der Waals surface area contributed by atoms with E-state index in [0.29, 0.717) is 17.7 Å². The molecule has 4 rings (SSSR count). The molecule has 0 fully saturated rings. The molecule has 0 radical (unpaired) electrons. The number of nitrogens with one attached hydrogen (secondary N) is 2. The van der Waals surface area contributed by atoms with Crippen molar-refractivity contribution in [3.8, 4) is 0 Å². The van der Waals surface area contributed by atoms with E-state index in [1.54, 1.807) is 24.3 Å². The van der Waals surface area contributed by atoms with Gasteiger partial charge in [0.05, 0.1) is 22.5 Å². The predicted octanol–water partition coefficient (Wildman–Crippen LogP) is 3.81. The van der Waals surface area contributed by atoms with Crippen molar-refractivity contribution < 1.29 is 8.42 Å². The summed E-state index contributed by atoms with van der Waals surface area (Å²) in [4.78, 5) is 4.70. The number of rotatable bonds is 7. The number of halogens is 1. The van der Waals surface area contributed by atoms with Crippen LogP contribution in [0.1, 0.15) is 22.5 Å². The lowest BCUT2D eigenvalue weighted by molar-refractivity contribution is 0.600. The van der Waals surface area contributed by atoms with Gasteiger partial charge in [-0.1, -0.05) is 54.6 Å². The molecule has 0 saturated heterocycles. The highest BCUT2D eigenvalue weighted by atomic mass is 35.5. The zero-order valence-electron chi connectivity index (χ0n) is 17.4. The molecule has 1 aromatic heterocycles. The first-order chi connectivity index (χ1) is 14.8. The maximum Gasteiger partial charge on any atom is 0.236 e. The maximum atomic E-state index is 12.5. The quantitative estimate of drug-likeness (QED) is 0.282. The van der Waals surface area contributed by atoms with E-state index < -0.39 is 10.0 Å². The molecule has 3 aromatic carbocycles. The number of nitrogens with zero attached hydrogens (tertiary/aromatic N) is 2. The SMILES string of the molecule is Cl.Cn1c(Cc2ccc(C(=N)N)cc2)nc2cc(NS(=O)(=O)Cc3ccccc3)ccc21. The Hall–Kier alpha value is -3.36. The van der Waals surface area contributed by atoms with Gasteiger partial charge in [-0.15, -0.1) is 12.4 Å². The minimum atomic E-state index is -3.53. The smallest absolute Gasteiger partial charge is 0.236 e. The van der Waals surface area contributed by atoms with Crippen molar-refractivity contribution in [2.45, 2.75) is 12.2 Å². The molecule has 7 nitrogen and oxygen atoms in total. The first-order valence-electron chi connectivity index (χ1n) is 9.74. The molecule has 4 aromatic rings. The number of anilines is 1. The van der Waals surface area contributed by atoms with Crippen LogP contribution in [0.5, 0.6) is 0 Å². The molecule has 0 unspecified atom stereocenters. The number of fused-ring (bicyclic) bond motifs is 1. The van der Waals surface area contributed by atoms with E-state index in [9.17, 15) is 8.42 Å². The van der Waals surface area contributed by atoms with Gasteiger partial charge in [-0.3, -0.25) is 10.1 Å². The van der Waals surface area contributed by atoms with Crippen molar-refractivity contribution in [1.29, 1.82) is 5.41 Å². The Bertz CT molecular complexity index is 1350. The molecule has 0 amide bonds. The van der Waals surface area contributed by atoms with Crippen LogP contribution < -0.4 is 10.5 Å². The summed E-state index contributed by atoms with van der Waals surface area (Å²) < 4.78 is 29.7. The number of hydrogen-bond donors (Lipinski definition) is 3. The Kier molecular flexibility index (Phi) is 6.86. The van der Waals surface area contributed by atoms with Gasteiger partial charge in [-0.05, 0) is 29.3 Å². The van der Waals surface area contributed by atoms with Gasteiger partial charge in [0.1, 0.15) is 11.7 Å². The lowest BCUT2D eigenvalue weighted by Crippen LogP contribution is -2.15. The highest BCUT2D eigenvalue weighted by Crippen LogP contribution is 2.22. The Morgan fingerprint density at radius 3 is 2.38 bits per heavy atom. The van der Waals surface area contributed by atoms with Gasteiger partial charge in [0, 0.05) is 19.0 Å². The lowest BCUT2D eigenvalue weighted by Gasteiger charge is -2.08. The third kappa shape index (κ3) is 5.27. The van der Waals surface area contributed by atoms with Crippen LogP contribution in [0, 0.1) is 5.41 Å². The molecular formula is C23H24ClN5O2S. The number of hydrogen-bond acceptors (Lipinski definition) is 4. The summed E-state index contributed by atoms with van der Waals surface area (Å²) in [6.07, 6.45) is 0.610. The number of nitrogen functional groups attached to an aromatic ring is 1. The second-order valence-electron chi connectivity index (χ2n) is 7.42. The standard InChI is InChI=1S/C23H23N5O2S.ClH/c1-28-21-12-11-19(27-31(29,30)15-17-5-3-2-4-6-17)14-20(21)26-22(28)13-16-7-9-18(10-8-16)23(24)25;/h2-12,14,27H,13,15H2,1H3,(H3,24,25);1H. The van der Waals surface area contributed by atoms with Gasteiger partial charge >= 0.3 is 0 Å². The van der Waals surface area contributed by atoms with Crippen LogP contribution in [-0.4, -0.2) is 23.8 Å². The summed E-state index contributed by atoms with van der Waals surface area (Å²) in [6.45, 7) is 0. The van der Waals surface area contributed by atoms with Crippen LogP contribution in [0.3, 0.4) is 0 Å². The minimum absolute atomic E-state index is 0. The summed E-state index contributed by atoms with van der Waals surface area (Å²) in [5.74, 6) is 0.807. The molecule has 0 atom stereocenters. The number of amidine groups is 1. The Morgan fingerprint density at radius 2 is 1.72 bits per heavy atom. The van der Waals surface area contributed by atoms with Crippen LogP contribution >= 0.6 is 12.4 Å². The van der Waals surface area contributed by atoms with Gasteiger partial charge in [0.25, 0.3) is 0 Å². The first kappa shape index (κ1) is 23.3. The maximum absolute atomic E-state index is 12.5. The molecule has 9 heteroatoms. The molecule has 4 N–H and O–H groups in total. The highest BCUT2D eigenvalue weighted by molar-refractivity contribution is 7.91. The molecule has 0 aliphatic carbocycles. The molecule has 0 saturated carbocycles. The average Bonchev–Trinajstić information content (AvgIpc) is 3.03. The summed E-state index contributed by atoms with van der Waals surface area (Å²) in [7, 11) is -1.59. The largest absolute Gasteiger partial charge is 0.384 e. The number of aromatic nitrogens is 2. The van der Waals surface area contributed by atoms with Gasteiger partial charge in [-0.25, -0.2) is 13.4 Å². The number of nitrogens with two attached hydrogens (primary N) is 1. The van der Waals surface area contributed by atoms with Crippen molar-refractivity contribution >= 4 is 45.0 Å². The predicted molar refractivity (Wildman–Crippen MR) is 131 cm³/mol. The second-order valence-corrected chi connectivity index (χ2v) is 9.15. The van der Waals surface area contributed by atoms with Crippen molar-refractivity contribution in [3.63, 3.8) is 0 Å². The van der Waals surface area contributed by atoms with Crippen LogP contribution in [-0.2, 0) is 29.2 Å². The van der Waals surface area contributed by atoms with E-state index >= 15 is 0 Å². The molecular weight excluding hydrogens is 446 g/mol. The molecule has 1 heterocycles. The Labute approximate surface area is 193 Å². The molecule has 32 heavy (non-hydrogen) atoms. The second kappa shape index (κ2) is 9.42. The van der Waals surface area contributed by atoms with Gasteiger partial charge in [0.15, 0.2) is 0 Å². The first-order valence-corrected chi connectivity index (χ1v) is 11.4. The third-order valence-electron chi connectivity index (χ3n) is 5.07. The fraction of sp³-hybridized carbons (Fsp3) is 0.130. The third-order valence-corrected chi connectivity index (χ3v) is 6.33. The zero-order valence-corrected chi connectivity index (χ0v) is 19.1. The number of benzene rings is 3. The van der Waals surface area contributed by atoms with Crippen molar-refractivity contribution in [2.24, 2.45) is 12.8 Å². The molecule has 0 aliphatic rings. The van der Waals surface area contributed by atoms with Crippen LogP contribution in [0.4, 0.5) is 5.69 Å². The monoisotopic (exact) mass is 469 g/mol. The summed E-state index contributed by atoms with van der Waals surface area (Å²) in [6, 6.07) is 21.9. The van der Waals surface area contributed by atoms with Crippen molar-refractivity contribution in [3.05, 3.63) is 95.3 Å². The normalized spacial score (nSPS) is 11.2. The number of sulfonamides is 1. The summed E-state index contributed by atoms with van der Waals surface area (Å²) in [5.41, 5.74) is 10.1.